The van der Waals surface area contributed by atoms with E-state index in [0.29, 0.717) is 5.41 Å². The van der Waals surface area contributed by atoms with Gasteiger partial charge in [0.2, 0.25) is 0 Å². The fourth-order valence-corrected chi connectivity index (χ4v) is 1.05. The first-order chi connectivity index (χ1) is 4.54. The molecule has 0 saturated carbocycles. The van der Waals surface area contributed by atoms with E-state index in [1.54, 1.807) is 0 Å². The minimum atomic E-state index is 0.381. The average molecular weight is 141 g/mol. The summed E-state index contributed by atoms with van der Waals surface area (Å²) in [6.07, 6.45) is 3.32. The van der Waals surface area contributed by atoms with E-state index in [1.165, 1.54) is 12.8 Å². The van der Waals surface area contributed by atoms with E-state index in [9.17, 15) is 0 Å². The van der Waals surface area contributed by atoms with Crippen LogP contribution in [-0.2, 0) is 0 Å². The molecule has 0 unspecified atom stereocenters. The summed E-state index contributed by atoms with van der Waals surface area (Å²) in [6, 6.07) is 0. The quantitative estimate of drug-likeness (QED) is 0.640. The molecule has 0 rings (SSSR count). The molecule has 0 amide bonds. The summed E-state index contributed by atoms with van der Waals surface area (Å²) in [5.41, 5.74) is 6.73. The summed E-state index contributed by atoms with van der Waals surface area (Å²) >= 11 is 0. The zero-order chi connectivity index (χ0) is 8.20. The smallest absolute Gasteiger partial charge is 0.00129 e. The molecule has 0 saturated heterocycles. The Morgan fingerprint density at radius 1 is 1.40 bits per heavy atom. The van der Waals surface area contributed by atoms with E-state index in [-0.39, 0.29) is 0 Å². The zero-order valence-corrected chi connectivity index (χ0v) is 7.41. The topological polar surface area (TPSA) is 26.0 Å². The Hall–Kier alpha value is -0.460. The summed E-state index contributed by atoms with van der Waals surface area (Å²) in [4.78, 5) is 0. The van der Waals surface area contributed by atoms with Crippen molar-refractivity contribution in [1.29, 1.82) is 0 Å². The Morgan fingerprint density at radius 2 is 1.80 bits per heavy atom. The largest absolute Gasteiger partial charge is 0.402 e. The maximum Gasteiger partial charge on any atom is 0.00129 e. The lowest BCUT2D eigenvalue weighted by Gasteiger charge is -2.26. The molecule has 0 aliphatic rings. The highest BCUT2D eigenvalue weighted by atomic mass is 14.6. The average Bonchev–Trinajstić information content (AvgIpc) is 1.87. The van der Waals surface area contributed by atoms with Crippen molar-refractivity contribution < 1.29 is 0 Å². The Kier molecular flexibility index (Phi) is 3.48. The van der Waals surface area contributed by atoms with Gasteiger partial charge in [-0.05, 0) is 11.8 Å². The third-order valence-electron chi connectivity index (χ3n) is 2.36. The molecule has 1 nitrogen and oxygen atoms in total. The predicted octanol–water partition coefficient (Wildman–Crippen LogP) is 2.68. The first-order valence-electron chi connectivity index (χ1n) is 3.97. The van der Waals surface area contributed by atoms with Gasteiger partial charge in [0.15, 0.2) is 0 Å². The van der Waals surface area contributed by atoms with Gasteiger partial charge < -0.3 is 5.73 Å². The van der Waals surface area contributed by atoms with Crippen LogP contribution in [0.1, 0.15) is 40.0 Å². The molecule has 60 valence electrons. The SMILES string of the molecule is C=C(N)CC(C)(CC)CC. The van der Waals surface area contributed by atoms with Gasteiger partial charge in [0, 0.05) is 5.70 Å². The molecule has 2 N–H and O–H groups in total. The van der Waals surface area contributed by atoms with Crippen LogP contribution in [0.15, 0.2) is 12.3 Å². The second-order valence-corrected chi connectivity index (χ2v) is 3.35. The highest BCUT2D eigenvalue weighted by Crippen LogP contribution is 2.30. The van der Waals surface area contributed by atoms with Crippen molar-refractivity contribution >= 4 is 0 Å². The van der Waals surface area contributed by atoms with Crippen molar-refractivity contribution in [1.82, 2.24) is 0 Å². The summed E-state index contributed by atoms with van der Waals surface area (Å²) < 4.78 is 0. The standard InChI is InChI=1S/C9H19N/c1-5-9(4,6-2)7-8(3)10/h3,5-7,10H2,1-2,4H3. The lowest BCUT2D eigenvalue weighted by Crippen LogP contribution is -2.16. The summed E-state index contributed by atoms with van der Waals surface area (Å²) in [6.45, 7) is 10.4. The Morgan fingerprint density at radius 3 is 1.90 bits per heavy atom. The highest BCUT2D eigenvalue weighted by molar-refractivity contribution is 4.92. The van der Waals surface area contributed by atoms with Crippen LogP contribution in [0, 0.1) is 5.41 Å². The maximum absolute atomic E-state index is 5.54. The Bertz CT molecular complexity index is 112. The molecular formula is C9H19N. The molecule has 0 spiro atoms. The van der Waals surface area contributed by atoms with Crippen molar-refractivity contribution in [3.05, 3.63) is 12.3 Å². The molecule has 1 heteroatoms. The lowest BCUT2D eigenvalue weighted by molar-refractivity contribution is 0.294. The molecule has 0 aliphatic carbocycles. The monoisotopic (exact) mass is 141 g/mol. The number of hydrogen-bond acceptors (Lipinski definition) is 1. The van der Waals surface area contributed by atoms with E-state index >= 15 is 0 Å². The number of allylic oxidation sites excluding steroid dienone is 1. The van der Waals surface area contributed by atoms with Crippen LogP contribution in [0.4, 0.5) is 0 Å². The highest BCUT2D eigenvalue weighted by Gasteiger charge is 2.19. The molecule has 0 aromatic heterocycles. The zero-order valence-electron chi connectivity index (χ0n) is 7.41. The minimum absolute atomic E-state index is 0.381. The fourth-order valence-electron chi connectivity index (χ4n) is 1.05. The molecule has 0 aliphatic heterocycles. The first-order valence-corrected chi connectivity index (χ1v) is 3.97. The van der Waals surface area contributed by atoms with Crippen LogP contribution in [0.5, 0.6) is 0 Å². The van der Waals surface area contributed by atoms with Gasteiger partial charge in [0.25, 0.3) is 0 Å². The van der Waals surface area contributed by atoms with Crippen LogP contribution in [0.25, 0.3) is 0 Å². The van der Waals surface area contributed by atoms with Gasteiger partial charge in [-0.1, -0.05) is 40.2 Å². The van der Waals surface area contributed by atoms with E-state index in [1.807, 2.05) is 0 Å². The molecule has 0 atom stereocenters. The van der Waals surface area contributed by atoms with Crippen molar-refractivity contribution in [2.75, 3.05) is 0 Å². The number of hydrogen-bond donors (Lipinski definition) is 1. The normalized spacial score (nSPS) is 11.5. The predicted molar refractivity (Wildman–Crippen MR) is 46.6 cm³/mol. The molecule has 0 heterocycles. The van der Waals surface area contributed by atoms with Gasteiger partial charge in [-0.15, -0.1) is 0 Å². The number of nitrogens with two attached hydrogens (primary N) is 1. The third kappa shape index (κ3) is 2.90. The number of rotatable bonds is 4. The van der Waals surface area contributed by atoms with Crippen LogP contribution >= 0.6 is 0 Å². The van der Waals surface area contributed by atoms with E-state index in [4.69, 9.17) is 5.73 Å². The summed E-state index contributed by atoms with van der Waals surface area (Å²) in [5.74, 6) is 0. The molecule has 0 aromatic carbocycles. The van der Waals surface area contributed by atoms with E-state index in [0.717, 1.165) is 12.1 Å². The van der Waals surface area contributed by atoms with Crippen molar-refractivity contribution in [2.24, 2.45) is 11.1 Å². The first kappa shape index (κ1) is 9.54. The van der Waals surface area contributed by atoms with Crippen LogP contribution in [0.2, 0.25) is 0 Å². The molecule has 0 radical (unpaired) electrons. The Balaban J connectivity index is 3.92. The van der Waals surface area contributed by atoms with Crippen LogP contribution in [-0.4, -0.2) is 0 Å². The van der Waals surface area contributed by atoms with Crippen molar-refractivity contribution in [2.45, 2.75) is 40.0 Å². The molecule has 0 aromatic rings. The molecule has 10 heavy (non-hydrogen) atoms. The van der Waals surface area contributed by atoms with Gasteiger partial charge >= 0.3 is 0 Å². The maximum atomic E-state index is 5.54. The van der Waals surface area contributed by atoms with Gasteiger partial charge in [-0.3, -0.25) is 0 Å². The fraction of sp³-hybridized carbons (Fsp3) is 0.778. The van der Waals surface area contributed by atoms with Gasteiger partial charge in [0.1, 0.15) is 0 Å². The minimum Gasteiger partial charge on any atom is -0.402 e. The molecule has 0 fully saturated rings. The third-order valence-corrected chi connectivity index (χ3v) is 2.36. The molecular weight excluding hydrogens is 122 g/mol. The van der Waals surface area contributed by atoms with E-state index in [2.05, 4.69) is 27.4 Å². The van der Waals surface area contributed by atoms with Gasteiger partial charge in [-0.25, -0.2) is 0 Å². The Labute approximate surface area is 64.3 Å². The summed E-state index contributed by atoms with van der Waals surface area (Å²) in [7, 11) is 0. The van der Waals surface area contributed by atoms with Crippen molar-refractivity contribution in [3.63, 3.8) is 0 Å². The van der Waals surface area contributed by atoms with E-state index < -0.39 is 0 Å². The summed E-state index contributed by atoms with van der Waals surface area (Å²) in [5, 5.41) is 0. The second kappa shape index (κ2) is 3.65. The van der Waals surface area contributed by atoms with Crippen LogP contribution in [0.3, 0.4) is 0 Å². The van der Waals surface area contributed by atoms with Crippen molar-refractivity contribution in [3.8, 4) is 0 Å². The molecule has 0 bridgehead atoms. The van der Waals surface area contributed by atoms with Crippen LogP contribution < -0.4 is 5.73 Å². The van der Waals surface area contributed by atoms with Gasteiger partial charge in [0.05, 0.1) is 0 Å². The van der Waals surface area contributed by atoms with Gasteiger partial charge in [-0.2, -0.15) is 0 Å². The second-order valence-electron chi connectivity index (χ2n) is 3.35. The lowest BCUT2D eigenvalue weighted by atomic mass is 9.81.